The first-order valence-electron chi connectivity index (χ1n) is 6.85. The molecule has 2 aromatic carbocycles. The highest BCUT2D eigenvalue weighted by atomic mass is 19.1. The molecule has 0 heterocycles. The van der Waals surface area contributed by atoms with Gasteiger partial charge in [0.25, 0.3) is 0 Å². The molecule has 0 radical (unpaired) electrons. The van der Waals surface area contributed by atoms with Crippen LogP contribution in [0.2, 0.25) is 0 Å². The quantitative estimate of drug-likeness (QED) is 0.724. The van der Waals surface area contributed by atoms with Crippen molar-refractivity contribution < 1.29 is 22.4 Å². The predicted molar refractivity (Wildman–Crippen MR) is 74.4 cm³/mol. The average molecular weight is 310 g/mol. The molecule has 22 heavy (non-hydrogen) atoms. The molecule has 0 atom stereocenters. The van der Waals surface area contributed by atoms with E-state index in [0.29, 0.717) is 0 Å². The van der Waals surface area contributed by atoms with E-state index >= 15 is 0 Å². The third-order valence-electron chi connectivity index (χ3n) is 3.36. The maximum atomic E-state index is 13.4. The highest BCUT2D eigenvalue weighted by Crippen LogP contribution is 2.15. The number of hydrogen-bond acceptors (Lipinski definition) is 1. The number of halogens is 4. The summed E-state index contributed by atoms with van der Waals surface area (Å²) in [5.41, 5.74) is 0.260. The zero-order valence-corrected chi connectivity index (χ0v) is 11.7. The van der Waals surface area contributed by atoms with Crippen LogP contribution in [0.1, 0.15) is 24.0 Å². The molecule has 0 aliphatic heterocycles. The minimum Gasteiger partial charge on any atom is -0.300 e. The van der Waals surface area contributed by atoms with Crippen LogP contribution in [0.25, 0.3) is 0 Å². The van der Waals surface area contributed by atoms with Crippen molar-refractivity contribution in [2.24, 2.45) is 0 Å². The molecule has 0 aliphatic rings. The van der Waals surface area contributed by atoms with Crippen molar-refractivity contribution in [3.63, 3.8) is 0 Å². The van der Waals surface area contributed by atoms with Crippen LogP contribution >= 0.6 is 0 Å². The van der Waals surface area contributed by atoms with Gasteiger partial charge in [-0.15, -0.1) is 0 Å². The number of hydrogen-bond donors (Lipinski definition) is 0. The Labute approximate surface area is 125 Å². The molecule has 2 aromatic rings. The first-order valence-corrected chi connectivity index (χ1v) is 6.85. The zero-order valence-electron chi connectivity index (χ0n) is 11.7. The lowest BCUT2D eigenvalue weighted by molar-refractivity contribution is -0.119. The van der Waals surface area contributed by atoms with Gasteiger partial charge in [0.1, 0.15) is 29.1 Å². The number of benzene rings is 2. The number of ketones is 1. The second-order valence-corrected chi connectivity index (χ2v) is 5.01. The molecule has 0 amide bonds. The average Bonchev–Trinajstić information content (AvgIpc) is 2.49. The first kappa shape index (κ1) is 16.2. The number of carbonyl (C=O) groups excluding carboxylic acids is 1. The van der Waals surface area contributed by atoms with E-state index in [4.69, 9.17) is 0 Å². The van der Waals surface area contributed by atoms with Crippen LogP contribution in [-0.2, 0) is 17.6 Å². The van der Waals surface area contributed by atoms with Gasteiger partial charge in [-0.3, -0.25) is 4.79 Å². The molecule has 0 fully saturated rings. The van der Waals surface area contributed by atoms with Crippen molar-refractivity contribution in [3.05, 3.63) is 70.8 Å². The number of Topliss-reactive ketones (excluding diaryl/α,β-unsaturated/α-hetero) is 1. The molecule has 0 saturated heterocycles. The molecule has 0 spiro atoms. The minimum atomic E-state index is -0.564. The van der Waals surface area contributed by atoms with Gasteiger partial charge in [-0.05, 0) is 60.4 Å². The van der Waals surface area contributed by atoms with Crippen LogP contribution in [0.3, 0.4) is 0 Å². The third kappa shape index (κ3) is 4.41. The lowest BCUT2D eigenvalue weighted by Crippen LogP contribution is -2.04. The van der Waals surface area contributed by atoms with E-state index in [1.165, 1.54) is 0 Å². The Bertz CT molecular complexity index is 625. The van der Waals surface area contributed by atoms with E-state index in [2.05, 4.69) is 0 Å². The monoisotopic (exact) mass is 310 g/mol. The van der Waals surface area contributed by atoms with E-state index in [9.17, 15) is 22.4 Å². The smallest absolute Gasteiger partial charge is 0.133 e. The second-order valence-electron chi connectivity index (χ2n) is 5.01. The van der Waals surface area contributed by atoms with Gasteiger partial charge in [0, 0.05) is 12.8 Å². The molecule has 2 rings (SSSR count). The Balaban J connectivity index is 1.88. The maximum absolute atomic E-state index is 13.4. The highest BCUT2D eigenvalue weighted by Gasteiger charge is 2.10. The fourth-order valence-electron chi connectivity index (χ4n) is 2.14. The molecule has 0 bridgehead atoms. The van der Waals surface area contributed by atoms with Crippen LogP contribution in [-0.4, -0.2) is 5.78 Å². The molecule has 1 nitrogen and oxygen atoms in total. The topological polar surface area (TPSA) is 17.1 Å². The van der Waals surface area contributed by atoms with Crippen LogP contribution in [0.5, 0.6) is 0 Å². The van der Waals surface area contributed by atoms with Gasteiger partial charge in [0.05, 0.1) is 0 Å². The number of aryl methyl sites for hydroxylation is 2. The summed E-state index contributed by atoms with van der Waals surface area (Å²) in [5, 5.41) is 0. The Morgan fingerprint density at radius 2 is 1.14 bits per heavy atom. The molecule has 0 unspecified atom stereocenters. The fourth-order valence-corrected chi connectivity index (χ4v) is 2.14. The number of rotatable bonds is 6. The van der Waals surface area contributed by atoms with Crippen LogP contribution < -0.4 is 0 Å². The van der Waals surface area contributed by atoms with Crippen molar-refractivity contribution in [3.8, 4) is 0 Å². The lowest BCUT2D eigenvalue weighted by Gasteiger charge is -2.05. The van der Waals surface area contributed by atoms with Crippen LogP contribution in [0.15, 0.2) is 36.4 Å². The summed E-state index contributed by atoms with van der Waals surface area (Å²) in [6.07, 6.45) is 0.205. The minimum absolute atomic E-state index is 0.0251. The summed E-state index contributed by atoms with van der Waals surface area (Å²) in [7, 11) is 0. The van der Waals surface area contributed by atoms with E-state index in [0.717, 1.165) is 36.4 Å². The zero-order chi connectivity index (χ0) is 16.1. The lowest BCUT2D eigenvalue weighted by atomic mass is 10.0. The second kappa shape index (κ2) is 7.20. The third-order valence-corrected chi connectivity index (χ3v) is 3.36. The Morgan fingerprint density at radius 3 is 1.55 bits per heavy atom. The Morgan fingerprint density at radius 1 is 0.727 bits per heavy atom. The van der Waals surface area contributed by atoms with E-state index in [1.54, 1.807) is 0 Å². The molecule has 5 heteroatoms. The summed E-state index contributed by atoms with van der Waals surface area (Å²) in [5.74, 6) is -2.47. The normalized spacial score (nSPS) is 10.7. The highest BCUT2D eigenvalue weighted by molar-refractivity contribution is 5.78. The van der Waals surface area contributed by atoms with Crippen LogP contribution in [0, 0.1) is 23.3 Å². The molecular formula is C17H14F4O. The Kier molecular flexibility index (Phi) is 5.31. The van der Waals surface area contributed by atoms with Gasteiger partial charge >= 0.3 is 0 Å². The van der Waals surface area contributed by atoms with Crippen LogP contribution in [0.4, 0.5) is 17.6 Å². The van der Waals surface area contributed by atoms with E-state index in [-0.39, 0.29) is 42.6 Å². The summed E-state index contributed by atoms with van der Waals surface area (Å²) < 4.78 is 52.8. The Hall–Kier alpha value is -2.17. The van der Waals surface area contributed by atoms with Gasteiger partial charge in [0.15, 0.2) is 0 Å². The fraction of sp³-hybridized carbons (Fsp3) is 0.235. The molecule has 0 N–H and O–H groups in total. The van der Waals surface area contributed by atoms with Gasteiger partial charge in [0.2, 0.25) is 0 Å². The van der Waals surface area contributed by atoms with Crippen molar-refractivity contribution in [2.75, 3.05) is 0 Å². The molecule has 116 valence electrons. The molecular weight excluding hydrogens is 296 g/mol. The standard InChI is InChI=1S/C17H14F4O/c18-13-3-7-16(20)11(9-13)1-5-15(22)6-2-12-10-14(19)4-8-17(12)21/h3-4,7-10H,1-2,5-6H2. The summed E-state index contributed by atoms with van der Waals surface area (Å²) >= 11 is 0. The van der Waals surface area contributed by atoms with E-state index < -0.39 is 23.3 Å². The summed E-state index contributed by atoms with van der Waals surface area (Å²) in [6.45, 7) is 0. The van der Waals surface area contributed by atoms with Crippen molar-refractivity contribution >= 4 is 5.78 Å². The van der Waals surface area contributed by atoms with Gasteiger partial charge in [-0.2, -0.15) is 0 Å². The largest absolute Gasteiger partial charge is 0.300 e. The molecule has 0 aromatic heterocycles. The van der Waals surface area contributed by atoms with E-state index in [1.807, 2.05) is 0 Å². The van der Waals surface area contributed by atoms with Gasteiger partial charge < -0.3 is 0 Å². The predicted octanol–water partition coefficient (Wildman–Crippen LogP) is 4.38. The summed E-state index contributed by atoms with van der Waals surface area (Å²) in [4.78, 5) is 11.7. The van der Waals surface area contributed by atoms with Crippen molar-refractivity contribution in [1.82, 2.24) is 0 Å². The molecule has 0 saturated carbocycles. The maximum Gasteiger partial charge on any atom is 0.133 e. The van der Waals surface area contributed by atoms with Gasteiger partial charge in [-0.25, -0.2) is 17.6 Å². The summed E-state index contributed by atoms with van der Waals surface area (Å²) in [6, 6.07) is 6.14. The van der Waals surface area contributed by atoms with Gasteiger partial charge in [-0.1, -0.05) is 0 Å². The first-order chi connectivity index (χ1) is 10.5. The molecule has 0 aliphatic carbocycles. The number of carbonyl (C=O) groups is 1. The van der Waals surface area contributed by atoms with Crippen molar-refractivity contribution in [2.45, 2.75) is 25.7 Å². The SMILES string of the molecule is O=C(CCc1cc(F)ccc1F)CCc1cc(F)ccc1F. The van der Waals surface area contributed by atoms with Crippen molar-refractivity contribution in [1.29, 1.82) is 0 Å².